The van der Waals surface area contributed by atoms with E-state index in [1.807, 2.05) is 0 Å². The van der Waals surface area contributed by atoms with Crippen molar-refractivity contribution in [3.05, 3.63) is 64.0 Å². The van der Waals surface area contributed by atoms with Gasteiger partial charge in [-0.25, -0.2) is 0 Å². The third-order valence-corrected chi connectivity index (χ3v) is 5.57. The second-order valence-electron chi connectivity index (χ2n) is 6.69. The number of carbonyl (C=O) groups excluding carboxylic acids is 3. The molecule has 0 fully saturated rings. The number of carbonyl (C=O) groups is 3. The fourth-order valence-electron chi connectivity index (χ4n) is 2.94. The number of anilines is 3. The molecule has 0 spiro atoms. The molecule has 0 saturated carbocycles. The molecule has 10 heteroatoms. The van der Waals surface area contributed by atoms with Crippen molar-refractivity contribution in [3.63, 3.8) is 0 Å². The molecular formula is C21H16ClN3O5S. The van der Waals surface area contributed by atoms with Gasteiger partial charge >= 0.3 is 0 Å². The number of phenols is 1. The molecule has 3 amide bonds. The van der Waals surface area contributed by atoms with Crippen LogP contribution in [-0.2, 0) is 4.79 Å². The number of aromatic hydroxyl groups is 1. The van der Waals surface area contributed by atoms with Crippen LogP contribution in [0.25, 0.3) is 0 Å². The molecule has 0 radical (unpaired) electrons. The minimum atomic E-state index is -0.593. The summed E-state index contributed by atoms with van der Waals surface area (Å²) >= 11 is 6.96. The SMILES string of the molecule is C[C@H]1Oc2ccc(NC(=O)c3ccsc3NC(=O)c3ccc(Cl)cc3O)cc2NC1=O. The highest BCUT2D eigenvalue weighted by atomic mass is 35.5. The second kappa shape index (κ2) is 8.29. The third-order valence-electron chi connectivity index (χ3n) is 4.51. The summed E-state index contributed by atoms with van der Waals surface area (Å²) in [5, 5.41) is 20.3. The standard InChI is InChI=1S/C21H16ClN3O5S/c1-10-18(27)24-15-9-12(3-5-17(15)30-10)23-20(29)14-6-7-31-21(14)25-19(28)13-4-2-11(22)8-16(13)26/h2-10,26H,1H3,(H,23,29)(H,24,27)(H,25,28)/t10-/m1/s1. The summed E-state index contributed by atoms with van der Waals surface area (Å²) in [7, 11) is 0. The number of phenolic OH excluding ortho intramolecular Hbond substituents is 1. The molecular weight excluding hydrogens is 442 g/mol. The van der Waals surface area contributed by atoms with Crippen LogP contribution in [0, 0.1) is 0 Å². The largest absolute Gasteiger partial charge is 0.507 e. The smallest absolute Gasteiger partial charge is 0.265 e. The lowest BCUT2D eigenvalue weighted by Crippen LogP contribution is -2.34. The average molecular weight is 458 g/mol. The minimum Gasteiger partial charge on any atom is -0.507 e. The molecule has 1 aliphatic heterocycles. The molecule has 0 bridgehead atoms. The predicted molar refractivity (Wildman–Crippen MR) is 119 cm³/mol. The number of amides is 3. The number of benzene rings is 2. The number of hydrogen-bond acceptors (Lipinski definition) is 6. The van der Waals surface area contributed by atoms with E-state index in [9.17, 15) is 19.5 Å². The van der Waals surface area contributed by atoms with E-state index in [0.29, 0.717) is 27.1 Å². The fraction of sp³-hybridized carbons (Fsp3) is 0.0952. The van der Waals surface area contributed by atoms with Gasteiger partial charge in [-0.15, -0.1) is 11.3 Å². The van der Waals surface area contributed by atoms with E-state index in [4.69, 9.17) is 16.3 Å². The summed E-state index contributed by atoms with van der Waals surface area (Å²) in [6.45, 7) is 1.64. The Morgan fingerprint density at radius 2 is 1.87 bits per heavy atom. The number of rotatable bonds is 4. The van der Waals surface area contributed by atoms with Crippen molar-refractivity contribution in [1.82, 2.24) is 0 Å². The molecule has 4 rings (SSSR count). The van der Waals surface area contributed by atoms with E-state index < -0.39 is 17.9 Å². The van der Waals surface area contributed by atoms with Crippen molar-refractivity contribution < 1.29 is 24.2 Å². The van der Waals surface area contributed by atoms with Crippen molar-refractivity contribution in [3.8, 4) is 11.5 Å². The Bertz CT molecular complexity index is 1210. The van der Waals surface area contributed by atoms with Gasteiger partial charge < -0.3 is 25.8 Å². The number of hydrogen-bond donors (Lipinski definition) is 4. The summed E-state index contributed by atoms with van der Waals surface area (Å²) in [6, 6.07) is 10.6. The van der Waals surface area contributed by atoms with Crippen molar-refractivity contribution in [2.45, 2.75) is 13.0 Å². The lowest BCUT2D eigenvalue weighted by atomic mass is 10.2. The Hall–Kier alpha value is -3.56. The molecule has 0 saturated heterocycles. The maximum Gasteiger partial charge on any atom is 0.265 e. The second-order valence-corrected chi connectivity index (χ2v) is 8.05. The van der Waals surface area contributed by atoms with Gasteiger partial charge in [0.15, 0.2) is 6.10 Å². The lowest BCUT2D eigenvalue weighted by Gasteiger charge is -2.23. The highest BCUT2D eigenvalue weighted by Crippen LogP contribution is 2.33. The Balaban J connectivity index is 1.50. The highest BCUT2D eigenvalue weighted by molar-refractivity contribution is 7.14. The normalized spacial score (nSPS) is 14.8. The fourth-order valence-corrected chi connectivity index (χ4v) is 3.88. The maximum absolute atomic E-state index is 12.8. The highest BCUT2D eigenvalue weighted by Gasteiger charge is 2.24. The Morgan fingerprint density at radius 1 is 1.10 bits per heavy atom. The van der Waals surface area contributed by atoms with E-state index in [-0.39, 0.29) is 22.8 Å². The summed E-state index contributed by atoms with van der Waals surface area (Å²) in [4.78, 5) is 37.1. The van der Waals surface area contributed by atoms with Crippen LogP contribution in [0.4, 0.5) is 16.4 Å². The van der Waals surface area contributed by atoms with E-state index in [1.165, 1.54) is 29.5 Å². The van der Waals surface area contributed by atoms with Crippen LogP contribution in [0.3, 0.4) is 0 Å². The van der Waals surface area contributed by atoms with Gasteiger partial charge in [-0.3, -0.25) is 14.4 Å². The first kappa shape index (κ1) is 20.7. The van der Waals surface area contributed by atoms with Crippen LogP contribution < -0.4 is 20.7 Å². The molecule has 3 aromatic rings. The molecule has 2 heterocycles. The summed E-state index contributed by atoms with van der Waals surface area (Å²) < 4.78 is 5.50. The summed E-state index contributed by atoms with van der Waals surface area (Å²) in [6.07, 6.45) is -0.593. The molecule has 8 nitrogen and oxygen atoms in total. The van der Waals surface area contributed by atoms with Gasteiger partial charge in [-0.1, -0.05) is 11.6 Å². The van der Waals surface area contributed by atoms with Gasteiger partial charge in [0.05, 0.1) is 16.8 Å². The molecule has 158 valence electrons. The first-order valence-electron chi connectivity index (χ1n) is 9.12. The average Bonchev–Trinajstić information content (AvgIpc) is 3.17. The molecule has 2 aromatic carbocycles. The zero-order valence-corrected chi connectivity index (χ0v) is 17.6. The van der Waals surface area contributed by atoms with Crippen LogP contribution in [-0.4, -0.2) is 28.9 Å². The van der Waals surface area contributed by atoms with Crippen molar-refractivity contribution in [2.24, 2.45) is 0 Å². The zero-order valence-electron chi connectivity index (χ0n) is 16.1. The van der Waals surface area contributed by atoms with Gasteiger partial charge in [0.2, 0.25) is 0 Å². The molecule has 0 unspecified atom stereocenters. The van der Waals surface area contributed by atoms with Crippen LogP contribution in [0.5, 0.6) is 11.5 Å². The van der Waals surface area contributed by atoms with E-state index in [1.54, 1.807) is 36.6 Å². The predicted octanol–water partition coefficient (Wildman–Crippen LogP) is 4.33. The molecule has 1 aromatic heterocycles. The monoisotopic (exact) mass is 457 g/mol. The lowest BCUT2D eigenvalue weighted by molar-refractivity contribution is -0.122. The molecule has 31 heavy (non-hydrogen) atoms. The van der Waals surface area contributed by atoms with E-state index in [2.05, 4.69) is 16.0 Å². The Kier molecular flexibility index (Phi) is 5.53. The van der Waals surface area contributed by atoms with Crippen molar-refractivity contribution in [2.75, 3.05) is 16.0 Å². The van der Waals surface area contributed by atoms with Gasteiger partial charge in [0.1, 0.15) is 16.5 Å². The topological polar surface area (TPSA) is 117 Å². The van der Waals surface area contributed by atoms with Crippen molar-refractivity contribution in [1.29, 1.82) is 0 Å². The Labute approximate surface area is 185 Å². The van der Waals surface area contributed by atoms with Crippen LogP contribution in [0.2, 0.25) is 5.02 Å². The number of thiophene rings is 1. The molecule has 1 aliphatic rings. The van der Waals surface area contributed by atoms with Crippen LogP contribution >= 0.6 is 22.9 Å². The zero-order chi connectivity index (χ0) is 22.1. The van der Waals surface area contributed by atoms with Gasteiger partial charge in [-0.05, 0) is 54.8 Å². The van der Waals surface area contributed by atoms with E-state index in [0.717, 1.165) is 0 Å². The third kappa shape index (κ3) is 4.32. The van der Waals surface area contributed by atoms with Crippen LogP contribution in [0.15, 0.2) is 47.8 Å². The number of fused-ring (bicyclic) bond motifs is 1. The molecule has 0 aliphatic carbocycles. The number of ether oxygens (including phenoxy) is 1. The number of halogens is 1. The van der Waals surface area contributed by atoms with Gasteiger partial charge in [0.25, 0.3) is 17.7 Å². The van der Waals surface area contributed by atoms with Crippen LogP contribution in [0.1, 0.15) is 27.6 Å². The van der Waals surface area contributed by atoms with Crippen molar-refractivity contribution >= 4 is 57.0 Å². The first-order valence-corrected chi connectivity index (χ1v) is 10.4. The maximum atomic E-state index is 12.8. The first-order chi connectivity index (χ1) is 14.8. The Morgan fingerprint density at radius 3 is 2.65 bits per heavy atom. The summed E-state index contributed by atoms with van der Waals surface area (Å²) in [5.74, 6) is -1.05. The number of nitrogens with one attached hydrogen (secondary N) is 3. The van der Waals surface area contributed by atoms with Gasteiger partial charge in [-0.2, -0.15) is 0 Å². The molecule has 1 atom stereocenters. The quantitative estimate of drug-likeness (QED) is 0.465. The molecule has 4 N–H and O–H groups in total. The summed E-state index contributed by atoms with van der Waals surface area (Å²) in [5.41, 5.74) is 1.18. The minimum absolute atomic E-state index is 0.0313. The van der Waals surface area contributed by atoms with E-state index >= 15 is 0 Å². The van der Waals surface area contributed by atoms with Gasteiger partial charge in [0, 0.05) is 10.7 Å².